The molecule has 0 fully saturated rings. The third-order valence-electron chi connectivity index (χ3n) is 6.36. The number of carbonyl (C=O) groups is 1. The van der Waals surface area contributed by atoms with Gasteiger partial charge in [0.1, 0.15) is 5.69 Å². The zero-order chi connectivity index (χ0) is 29.4. The van der Waals surface area contributed by atoms with E-state index in [2.05, 4.69) is 20.4 Å². The molecule has 14 heteroatoms. The predicted octanol–water partition coefficient (Wildman–Crippen LogP) is 4.56. The lowest BCUT2D eigenvalue weighted by molar-refractivity contribution is -0.141. The van der Waals surface area contributed by atoms with Crippen LogP contribution in [0.2, 0.25) is 0 Å². The van der Waals surface area contributed by atoms with Gasteiger partial charge in [-0.3, -0.25) is 9.48 Å². The molecular weight excluding hydrogens is 563 g/mol. The smallest absolute Gasteiger partial charge is 0.433 e. The van der Waals surface area contributed by atoms with Gasteiger partial charge in [0.05, 0.1) is 35.1 Å². The Morgan fingerprint density at radius 2 is 1.76 bits per heavy atom. The van der Waals surface area contributed by atoms with E-state index in [0.29, 0.717) is 35.4 Å². The first-order valence-corrected chi connectivity index (χ1v) is 14.0. The molecule has 10 nitrogen and oxygen atoms in total. The van der Waals surface area contributed by atoms with Crippen LogP contribution in [0.4, 0.5) is 18.9 Å². The Morgan fingerprint density at radius 1 is 1.02 bits per heavy atom. The molecule has 0 atom stereocenters. The number of nitrogens with one attached hydrogen (secondary N) is 1. The van der Waals surface area contributed by atoms with Crippen molar-refractivity contribution in [2.45, 2.75) is 38.1 Å². The average Bonchev–Trinajstić information content (AvgIpc) is 3.51. The Labute approximate surface area is 233 Å². The molecule has 0 saturated carbocycles. The number of sulfone groups is 1. The van der Waals surface area contributed by atoms with Crippen molar-refractivity contribution >= 4 is 21.4 Å². The maximum atomic E-state index is 13.6. The van der Waals surface area contributed by atoms with Crippen LogP contribution in [-0.4, -0.2) is 46.6 Å². The molecule has 2 aromatic heterocycles. The van der Waals surface area contributed by atoms with Gasteiger partial charge in [-0.05, 0) is 43.7 Å². The van der Waals surface area contributed by atoms with Crippen LogP contribution in [0, 0.1) is 13.8 Å². The summed E-state index contributed by atoms with van der Waals surface area (Å²) < 4.78 is 79.2. The highest BCUT2D eigenvalue weighted by molar-refractivity contribution is 7.91. The van der Waals surface area contributed by atoms with Gasteiger partial charge in [0.15, 0.2) is 11.5 Å². The van der Waals surface area contributed by atoms with E-state index in [0.717, 1.165) is 5.56 Å². The van der Waals surface area contributed by atoms with Gasteiger partial charge in [-0.25, -0.2) is 18.4 Å². The minimum absolute atomic E-state index is 0.0507. The van der Waals surface area contributed by atoms with Crippen molar-refractivity contribution in [1.82, 2.24) is 19.7 Å². The van der Waals surface area contributed by atoms with E-state index in [1.807, 2.05) is 30.3 Å². The van der Waals surface area contributed by atoms with Crippen molar-refractivity contribution in [2.75, 3.05) is 17.9 Å². The zero-order valence-corrected chi connectivity index (χ0v) is 22.7. The molecule has 4 aromatic rings. The minimum Gasteiger partial charge on any atom is -0.454 e. The molecule has 0 unspecified atom stereocenters. The second kappa shape index (κ2) is 10.8. The van der Waals surface area contributed by atoms with Crippen LogP contribution >= 0.6 is 0 Å². The van der Waals surface area contributed by atoms with E-state index < -0.39 is 44.9 Å². The Balaban J connectivity index is 1.34. The van der Waals surface area contributed by atoms with Gasteiger partial charge in [-0.2, -0.15) is 18.3 Å². The minimum atomic E-state index is -4.94. The third-order valence-corrected chi connectivity index (χ3v) is 7.84. The first-order valence-electron chi connectivity index (χ1n) is 12.4. The standard InChI is InChI=1S/C27H24F3N5O5S/c1-16-25(17(2)35(34-16)14-18-6-4-3-5-7-18)33-24(36)10-11-41(37,38)26-31-20(13-23(32-26)27(28,29)30)19-8-9-21-22(12-19)40-15-39-21/h3-9,12-13H,10-11,14-15H2,1-2H3,(H,33,36). The molecule has 0 bridgehead atoms. The first-order chi connectivity index (χ1) is 19.4. The topological polar surface area (TPSA) is 125 Å². The fourth-order valence-corrected chi connectivity index (χ4v) is 5.33. The lowest BCUT2D eigenvalue weighted by Crippen LogP contribution is -2.21. The van der Waals surface area contributed by atoms with Crippen molar-refractivity contribution < 1.29 is 35.9 Å². The van der Waals surface area contributed by atoms with Gasteiger partial charge >= 0.3 is 6.18 Å². The number of hydrogen-bond donors (Lipinski definition) is 1. The van der Waals surface area contributed by atoms with Crippen LogP contribution in [0.25, 0.3) is 11.3 Å². The number of carbonyl (C=O) groups excluding carboxylic acids is 1. The lowest BCUT2D eigenvalue weighted by atomic mass is 10.1. The Hall–Kier alpha value is -4.46. The number of ether oxygens (including phenoxy) is 2. The van der Waals surface area contributed by atoms with Gasteiger partial charge in [0.25, 0.3) is 0 Å². The van der Waals surface area contributed by atoms with Crippen LogP contribution in [0.3, 0.4) is 0 Å². The maximum absolute atomic E-state index is 13.6. The number of rotatable bonds is 8. The number of amides is 1. The highest BCUT2D eigenvalue weighted by Gasteiger charge is 2.35. The Bertz CT molecular complexity index is 1720. The number of hydrogen-bond acceptors (Lipinski definition) is 8. The van der Waals surface area contributed by atoms with Crippen molar-refractivity contribution in [1.29, 1.82) is 0 Å². The number of halogens is 3. The SMILES string of the molecule is Cc1nn(Cc2ccccc2)c(C)c1NC(=O)CCS(=O)(=O)c1nc(-c2ccc3c(c2)OCO3)cc(C(F)(F)F)n1. The number of nitrogens with zero attached hydrogens (tertiary/aromatic N) is 4. The van der Waals surface area contributed by atoms with Gasteiger partial charge < -0.3 is 14.8 Å². The molecule has 214 valence electrons. The monoisotopic (exact) mass is 587 g/mol. The van der Waals surface area contributed by atoms with E-state index in [1.165, 1.54) is 18.2 Å². The van der Waals surface area contributed by atoms with E-state index >= 15 is 0 Å². The molecule has 5 rings (SSSR count). The molecule has 1 N–H and O–H groups in total. The molecule has 3 heterocycles. The molecule has 1 aliphatic rings. The van der Waals surface area contributed by atoms with Crippen LogP contribution < -0.4 is 14.8 Å². The summed E-state index contributed by atoms with van der Waals surface area (Å²) in [5, 5.41) is 6.09. The summed E-state index contributed by atoms with van der Waals surface area (Å²) in [6, 6.07) is 14.5. The van der Waals surface area contributed by atoms with Crippen molar-refractivity contribution in [2.24, 2.45) is 0 Å². The molecule has 0 saturated heterocycles. The van der Waals surface area contributed by atoms with Crippen LogP contribution in [0.15, 0.2) is 59.8 Å². The summed E-state index contributed by atoms with van der Waals surface area (Å²) in [4.78, 5) is 19.9. The fraction of sp³-hybridized carbons (Fsp3) is 0.259. The summed E-state index contributed by atoms with van der Waals surface area (Å²) >= 11 is 0. The average molecular weight is 588 g/mol. The highest BCUT2D eigenvalue weighted by atomic mass is 32.2. The third kappa shape index (κ3) is 6.16. The largest absolute Gasteiger partial charge is 0.454 e. The van der Waals surface area contributed by atoms with Gasteiger partial charge in [-0.1, -0.05) is 30.3 Å². The first kappa shape index (κ1) is 28.1. The van der Waals surface area contributed by atoms with E-state index in [1.54, 1.807) is 18.5 Å². The molecule has 1 aliphatic heterocycles. The summed E-state index contributed by atoms with van der Waals surface area (Å²) in [7, 11) is -4.49. The van der Waals surface area contributed by atoms with Gasteiger partial charge in [0.2, 0.25) is 27.7 Å². The molecule has 0 aliphatic carbocycles. The number of aromatic nitrogens is 4. The molecule has 2 aromatic carbocycles. The number of aryl methyl sites for hydroxylation is 1. The molecular formula is C27H24F3N5O5S. The molecule has 41 heavy (non-hydrogen) atoms. The number of benzene rings is 2. The summed E-state index contributed by atoms with van der Waals surface area (Å²) in [5.74, 6) is -0.777. The van der Waals surface area contributed by atoms with Gasteiger partial charge in [-0.15, -0.1) is 0 Å². The van der Waals surface area contributed by atoms with Crippen LogP contribution in [0.5, 0.6) is 11.5 Å². The molecule has 1 amide bonds. The van der Waals surface area contributed by atoms with Gasteiger partial charge in [0, 0.05) is 12.0 Å². The lowest BCUT2D eigenvalue weighted by Gasteiger charge is -2.12. The van der Waals surface area contributed by atoms with E-state index in [4.69, 9.17) is 9.47 Å². The van der Waals surface area contributed by atoms with Crippen molar-refractivity contribution in [3.8, 4) is 22.8 Å². The number of fused-ring (bicyclic) bond motifs is 1. The number of anilines is 1. The predicted molar refractivity (Wildman–Crippen MR) is 141 cm³/mol. The Kier molecular flexibility index (Phi) is 7.43. The molecule has 0 radical (unpaired) electrons. The normalized spacial score (nSPS) is 12.9. The molecule has 0 spiro atoms. The summed E-state index contributed by atoms with van der Waals surface area (Å²) in [6.45, 7) is 3.89. The quantitative estimate of drug-likeness (QED) is 0.298. The fourth-order valence-electron chi connectivity index (χ4n) is 4.22. The van der Waals surface area contributed by atoms with Crippen LogP contribution in [0.1, 0.15) is 29.1 Å². The zero-order valence-electron chi connectivity index (χ0n) is 21.9. The van der Waals surface area contributed by atoms with E-state index in [-0.39, 0.29) is 23.8 Å². The second-order valence-corrected chi connectivity index (χ2v) is 11.3. The van der Waals surface area contributed by atoms with Crippen molar-refractivity contribution in [3.63, 3.8) is 0 Å². The summed E-state index contributed by atoms with van der Waals surface area (Å²) in [5.41, 5.74) is 1.11. The van der Waals surface area contributed by atoms with Crippen molar-refractivity contribution in [3.05, 3.63) is 77.2 Å². The Morgan fingerprint density at radius 3 is 2.49 bits per heavy atom. The van der Waals surface area contributed by atoms with Crippen LogP contribution in [-0.2, 0) is 27.4 Å². The number of alkyl halides is 3. The summed E-state index contributed by atoms with van der Waals surface area (Å²) in [6.07, 6.45) is -5.48. The highest BCUT2D eigenvalue weighted by Crippen LogP contribution is 2.37. The van der Waals surface area contributed by atoms with E-state index in [9.17, 15) is 26.4 Å². The second-order valence-electron chi connectivity index (χ2n) is 9.29. The maximum Gasteiger partial charge on any atom is 0.433 e.